The molecule has 15 heavy (non-hydrogen) atoms. The summed E-state index contributed by atoms with van der Waals surface area (Å²) < 4.78 is 5.71. The van der Waals surface area contributed by atoms with Gasteiger partial charge in [-0.05, 0) is 19.5 Å². The van der Waals surface area contributed by atoms with E-state index in [1.807, 2.05) is 0 Å². The van der Waals surface area contributed by atoms with Crippen LogP contribution in [0.25, 0.3) is 0 Å². The first-order valence-corrected chi connectivity index (χ1v) is 6.41. The fraction of sp³-hybridized carbons (Fsp3) is 1.00. The molecular formula is C12H26N2O. The van der Waals surface area contributed by atoms with Crippen LogP contribution in [0.3, 0.4) is 0 Å². The minimum absolute atomic E-state index is 0.403. The van der Waals surface area contributed by atoms with E-state index >= 15 is 0 Å². The van der Waals surface area contributed by atoms with Crippen LogP contribution in [-0.2, 0) is 4.74 Å². The van der Waals surface area contributed by atoms with Gasteiger partial charge in [-0.1, -0.05) is 26.7 Å². The van der Waals surface area contributed by atoms with Crippen LogP contribution in [0.5, 0.6) is 0 Å². The smallest absolute Gasteiger partial charge is 0.0826 e. The zero-order valence-electron chi connectivity index (χ0n) is 10.3. The van der Waals surface area contributed by atoms with Gasteiger partial charge in [0.15, 0.2) is 0 Å². The fourth-order valence-electron chi connectivity index (χ4n) is 2.00. The third kappa shape index (κ3) is 5.50. The zero-order chi connectivity index (χ0) is 10.9. The Labute approximate surface area is 94.2 Å². The van der Waals surface area contributed by atoms with E-state index in [0.717, 1.165) is 32.8 Å². The van der Waals surface area contributed by atoms with Gasteiger partial charge in [-0.15, -0.1) is 0 Å². The van der Waals surface area contributed by atoms with Crippen LogP contribution < -0.4 is 5.32 Å². The molecule has 1 fully saturated rings. The first-order chi connectivity index (χ1) is 7.36. The van der Waals surface area contributed by atoms with Crippen molar-refractivity contribution in [1.82, 2.24) is 10.2 Å². The quantitative estimate of drug-likeness (QED) is 0.650. The predicted molar refractivity (Wildman–Crippen MR) is 64.2 cm³/mol. The van der Waals surface area contributed by atoms with Gasteiger partial charge in [-0.2, -0.15) is 0 Å². The van der Waals surface area contributed by atoms with Crippen LogP contribution >= 0.6 is 0 Å². The van der Waals surface area contributed by atoms with Gasteiger partial charge in [0, 0.05) is 19.6 Å². The molecule has 0 unspecified atom stereocenters. The molecule has 1 rings (SSSR count). The molecule has 3 nitrogen and oxygen atoms in total. The molecule has 0 amide bonds. The number of nitrogens with zero attached hydrogens (tertiary/aromatic N) is 1. The third-order valence-corrected chi connectivity index (χ3v) is 2.92. The summed E-state index contributed by atoms with van der Waals surface area (Å²) in [6.45, 7) is 10.8. The minimum Gasteiger partial charge on any atom is -0.374 e. The summed E-state index contributed by atoms with van der Waals surface area (Å²) in [6, 6.07) is 0. The van der Waals surface area contributed by atoms with Crippen molar-refractivity contribution in [3.05, 3.63) is 0 Å². The number of rotatable bonds is 7. The van der Waals surface area contributed by atoms with Crippen molar-refractivity contribution in [2.75, 3.05) is 39.3 Å². The maximum Gasteiger partial charge on any atom is 0.0826 e. The SMILES string of the molecule is CCCCCN1CCO[C@@H](CNCC)C1. The lowest BCUT2D eigenvalue weighted by Crippen LogP contribution is -2.46. The Hall–Kier alpha value is -0.120. The summed E-state index contributed by atoms with van der Waals surface area (Å²) in [4.78, 5) is 2.54. The van der Waals surface area contributed by atoms with Crippen molar-refractivity contribution < 1.29 is 4.74 Å². The van der Waals surface area contributed by atoms with E-state index < -0.39 is 0 Å². The zero-order valence-corrected chi connectivity index (χ0v) is 10.3. The van der Waals surface area contributed by atoms with Crippen LogP contribution in [0.4, 0.5) is 0 Å². The molecule has 1 aliphatic heterocycles. The summed E-state index contributed by atoms with van der Waals surface area (Å²) in [7, 11) is 0. The van der Waals surface area contributed by atoms with E-state index in [-0.39, 0.29) is 0 Å². The van der Waals surface area contributed by atoms with Crippen molar-refractivity contribution in [1.29, 1.82) is 0 Å². The van der Waals surface area contributed by atoms with E-state index in [0.29, 0.717) is 6.10 Å². The summed E-state index contributed by atoms with van der Waals surface area (Å²) in [5.41, 5.74) is 0. The molecule has 0 spiro atoms. The minimum atomic E-state index is 0.403. The lowest BCUT2D eigenvalue weighted by Gasteiger charge is -2.33. The second kappa shape index (κ2) is 8.08. The van der Waals surface area contributed by atoms with Crippen LogP contribution in [0, 0.1) is 0 Å². The predicted octanol–water partition coefficient (Wildman–Crippen LogP) is 1.49. The Balaban J connectivity index is 2.11. The molecule has 1 N–H and O–H groups in total. The second-order valence-corrected chi connectivity index (χ2v) is 4.31. The molecule has 0 aromatic rings. The highest BCUT2D eigenvalue weighted by Gasteiger charge is 2.18. The number of unbranched alkanes of at least 4 members (excludes halogenated alkanes) is 2. The van der Waals surface area contributed by atoms with Gasteiger partial charge in [-0.3, -0.25) is 4.90 Å². The van der Waals surface area contributed by atoms with E-state index in [1.165, 1.54) is 25.8 Å². The van der Waals surface area contributed by atoms with Crippen molar-refractivity contribution in [3.8, 4) is 0 Å². The van der Waals surface area contributed by atoms with E-state index in [9.17, 15) is 0 Å². The largest absolute Gasteiger partial charge is 0.374 e. The van der Waals surface area contributed by atoms with Gasteiger partial charge in [0.25, 0.3) is 0 Å². The highest BCUT2D eigenvalue weighted by Crippen LogP contribution is 2.06. The van der Waals surface area contributed by atoms with Crippen LogP contribution in [-0.4, -0.2) is 50.3 Å². The summed E-state index contributed by atoms with van der Waals surface area (Å²) >= 11 is 0. The van der Waals surface area contributed by atoms with Gasteiger partial charge < -0.3 is 10.1 Å². The fourth-order valence-corrected chi connectivity index (χ4v) is 2.00. The second-order valence-electron chi connectivity index (χ2n) is 4.31. The highest BCUT2D eigenvalue weighted by atomic mass is 16.5. The third-order valence-electron chi connectivity index (χ3n) is 2.92. The molecule has 0 saturated carbocycles. The number of ether oxygens (including phenoxy) is 1. The molecule has 3 heteroatoms. The Morgan fingerprint density at radius 2 is 2.20 bits per heavy atom. The first kappa shape index (κ1) is 12.9. The molecule has 0 bridgehead atoms. The first-order valence-electron chi connectivity index (χ1n) is 6.41. The summed E-state index contributed by atoms with van der Waals surface area (Å²) in [5.74, 6) is 0. The van der Waals surface area contributed by atoms with Crippen LogP contribution in [0.2, 0.25) is 0 Å². The average molecular weight is 214 g/mol. The molecular weight excluding hydrogens is 188 g/mol. The van der Waals surface area contributed by atoms with Gasteiger partial charge in [-0.25, -0.2) is 0 Å². The number of likely N-dealkylation sites (N-methyl/N-ethyl adjacent to an activating group) is 1. The Bertz CT molecular complexity index is 153. The normalized spacial score (nSPS) is 23.2. The number of hydrogen-bond donors (Lipinski definition) is 1. The van der Waals surface area contributed by atoms with Gasteiger partial charge in [0.2, 0.25) is 0 Å². The Kier molecular flexibility index (Phi) is 6.98. The number of hydrogen-bond acceptors (Lipinski definition) is 3. The maximum atomic E-state index is 5.71. The van der Waals surface area contributed by atoms with Crippen molar-refractivity contribution in [2.45, 2.75) is 39.2 Å². The monoisotopic (exact) mass is 214 g/mol. The molecule has 0 aromatic heterocycles. The van der Waals surface area contributed by atoms with Crippen molar-refractivity contribution in [3.63, 3.8) is 0 Å². The van der Waals surface area contributed by atoms with Crippen LogP contribution in [0.1, 0.15) is 33.1 Å². The molecule has 0 aliphatic carbocycles. The molecule has 0 aromatic carbocycles. The lowest BCUT2D eigenvalue weighted by atomic mass is 10.2. The van der Waals surface area contributed by atoms with Gasteiger partial charge >= 0.3 is 0 Å². The van der Waals surface area contributed by atoms with E-state index in [2.05, 4.69) is 24.1 Å². The average Bonchev–Trinajstić information content (AvgIpc) is 2.27. The Morgan fingerprint density at radius 1 is 1.33 bits per heavy atom. The summed E-state index contributed by atoms with van der Waals surface area (Å²) in [5, 5.41) is 3.35. The van der Waals surface area contributed by atoms with Crippen molar-refractivity contribution in [2.24, 2.45) is 0 Å². The molecule has 1 heterocycles. The topological polar surface area (TPSA) is 24.5 Å². The maximum absolute atomic E-state index is 5.71. The van der Waals surface area contributed by atoms with Crippen LogP contribution in [0.15, 0.2) is 0 Å². The van der Waals surface area contributed by atoms with E-state index in [4.69, 9.17) is 4.74 Å². The van der Waals surface area contributed by atoms with Crippen molar-refractivity contribution >= 4 is 0 Å². The molecule has 0 radical (unpaired) electrons. The molecule has 1 atom stereocenters. The Morgan fingerprint density at radius 3 is 2.93 bits per heavy atom. The number of morpholine rings is 1. The van der Waals surface area contributed by atoms with Gasteiger partial charge in [0.1, 0.15) is 0 Å². The standard InChI is InChI=1S/C12H26N2O/c1-3-5-6-7-14-8-9-15-12(11-14)10-13-4-2/h12-13H,3-11H2,1-2H3/t12-/m0/s1. The lowest BCUT2D eigenvalue weighted by molar-refractivity contribution is -0.0271. The molecule has 1 aliphatic rings. The molecule has 90 valence electrons. The van der Waals surface area contributed by atoms with Gasteiger partial charge in [0.05, 0.1) is 12.7 Å². The molecule has 1 saturated heterocycles. The van der Waals surface area contributed by atoms with E-state index in [1.54, 1.807) is 0 Å². The summed E-state index contributed by atoms with van der Waals surface area (Å²) in [6.07, 6.45) is 4.41. The number of nitrogens with one attached hydrogen (secondary N) is 1. The highest BCUT2D eigenvalue weighted by molar-refractivity contribution is 4.73.